The number of aromatic nitrogens is 2. The number of hydrogen-bond donors (Lipinski definition) is 0. The van der Waals surface area contributed by atoms with Gasteiger partial charge in [-0.25, -0.2) is 17.9 Å². The van der Waals surface area contributed by atoms with E-state index in [1.54, 1.807) is 47.8 Å². The van der Waals surface area contributed by atoms with Crippen LogP contribution in [-0.2, 0) is 33.0 Å². The molecule has 0 radical (unpaired) electrons. The summed E-state index contributed by atoms with van der Waals surface area (Å²) in [5, 5.41) is -0.0451. The summed E-state index contributed by atoms with van der Waals surface area (Å²) >= 11 is 6.25. The minimum atomic E-state index is -4.32. The van der Waals surface area contributed by atoms with Crippen LogP contribution in [0.2, 0.25) is 5.02 Å². The van der Waals surface area contributed by atoms with Gasteiger partial charge in [0.2, 0.25) is 0 Å². The third kappa shape index (κ3) is 4.99. The van der Waals surface area contributed by atoms with Crippen molar-refractivity contribution in [2.24, 2.45) is 7.05 Å². The molecule has 42 heavy (non-hydrogen) atoms. The zero-order valence-electron chi connectivity index (χ0n) is 23.4. The molecule has 218 valence electrons. The van der Waals surface area contributed by atoms with Crippen molar-refractivity contribution in [2.75, 3.05) is 22.9 Å². The summed E-state index contributed by atoms with van der Waals surface area (Å²) in [5.74, 6) is -1.36. The molecule has 0 saturated heterocycles. The van der Waals surface area contributed by atoms with Crippen LogP contribution < -0.4 is 14.8 Å². The Labute approximate surface area is 248 Å². The number of benzene rings is 3. The van der Waals surface area contributed by atoms with Crippen molar-refractivity contribution in [1.29, 1.82) is 0 Å². The van der Waals surface area contributed by atoms with Crippen LogP contribution in [0.15, 0.2) is 82.5 Å². The van der Waals surface area contributed by atoms with E-state index in [4.69, 9.17) is 16.3 Å². The van der Waals surface area contributed by atoms with Gasteiger partial charge in [-0.3, -0.25) is 18.6 Å². The van der Waals surface area contributed by atoms with Crippen molar-refractivity contribution < 1.29 is 22.7 Å². The molecule has 10 nitrogen and oxygen atoms in total. The zero-order valence-corrected chi connectivity index (χ0v) is 25.0. The van der Waals surface area contributed by atoms with Gasteiger partial charge in [-0.2, -0.15) is 0 Å². The van der Waals surface area contributed by atoms with Crippen molar-refractivity contribution in [3.8, 4) is 5.69 Å². The quantitative estimate of drug-likeness (QED) is 0.292. The van der Waals surface area contributed by atoms with Gasteiger partial charge >= 0.3 is 5.97 Å². The van der Waals surface area contributed by atoms with E-state index < -0.39 is 34.1 Å². The molecule has 0 spiro atoms. The second kappa shape index (κ2) is 11.1. The maximum atomic E-state index is 13.7. The summed E-state index contributed by atoms with van der Waals surface area (Å²) in [5.41, 5.74) is 1.98. The normalized spacial score (nSPS) is 14.5. The molecule has 1 unspecified atom stereocenters. The molecule has 1 atom stereocenters. The first-order valence-electron chi connectivity index (χ1n) is 13.1. The Morgan fingerprint density at radius 1 is 1.05 bits per heavy atom. The Balaban J connectivity index is 1.39. The number of rotatable bonds is 7. The van der Waals surface area contributed by atoms with Crippen LogP contribution in [0.25, 0.3) is 5.69 Å². The van der Waals surface area contributed by atoms with E-state index in [-0.39, 0.29) is 27.2 Å². The Morgan fingerprint density at radius 3 is 2.43 bits per heavy atom. The number of ether oxygens (including phenoxy) is 1. The maximum absolute atomic E-state index is 13.7. The van der Waals surface area contributed by atoms with Gasteiger partial charge in [0.15, 0.2) is 6.61 Å². The molecular formula is C30H29ClN4O6S. The lowest BCUT2D eigenvalue weighted by molar-refractivity contribution is -0.122. The molecule has 1 aliphatic rings. The molecule has 1 amide bonds. The second-order valence-electron chi connectivity index (χ2n) is 10.0. The highest BCUT2D eigenvalue weighted by Gasteiger charge is 2.32. The number of halogens is 1. The summed E-state index contributed by atoms with van der Waals surface area (Å²) in [7, 11) is -1.38. The van der Waals surface area contributed by atoms with E-state index in [1.165, 1.54) is 23.9 Å². The Hall–Kier alpha value is -4.35. The van der Waals surface area contributed by atoms with Gasteiger partial charge in [0.05, 0.1) is 26.9 Å². The average molecular weight is 609 g/mol. The monoisotopic (exact) mass is 608 g/mol. The predicted molar refractivity (Wildman–Crippen MR) is 160 cm³/mol. The molecule has 0 aliphatic carbocycles. The Morgan fingerprint density at radius 2 is 1.71 bits per heavy atom. The van der Waals surface area contributed by atoms with Gasteiger partial charge in [0.25, 0.3) is 21.5 Å². The molecule has 0 saturated carbocycles. The lowest BCUT2D eigenvalue weighted by atomic mass is 10.1. The fraction of sp³-hybridized carbons (Fsp3) is 0.233. The molecule has 12 heteroatoms. The Bertz CT molecular complexity index is 1870. The first kappa shape index (κ1) is 29.2. The van der Waals surface area contributed by atoms with Crippen LogP contribution in [0.5, 0.6) is 0 Å². The third-order valence-corrected chi connectivity index (χ3v) is 9.54. The van der Waals surface area contributed by atoms with Crippen molar-refractivity contribution in [2.45, 2.75) is 31.2 Å². The molecule has 2 heterocycles. The topological polar surface area (TPSA) is 111 Å². The fourth-order valence-corrected chi connectivity index (χ4v) is 6.70. The summed E-state index contributed by atoms with van der Waals surface area (Å²) in [4.78, 5) is 40.7. The van der Waals surface area contributed by atoms with E-state index in [0.29, 0.717) is 17.8 Å². The third-order valence-electron chi connectivity index (χ3n) is 7.46. The van der Waals surface area contributed by atoms with Crippen LogP contribution >= 0.6 is 11.6 Å². The number of nitrogens with zero attached hydrogens (tertiary/aromatic N) is 4. The van der Waals surface area contributed by atoms with E-state index in [0.717, 1.165) is 21.6 Å². The number of carbonyl (C=O) groups is 2. The number of fused-ring (bicyclic) bond motifs is 1. The molecule has 0 fully saturated rings. The highest BCUT2D eigenvalue weighted by Crippen LogP contribution is 2.32. The highest BCUT2D eigenvalue weighted by molar-refractivity contribution is 7.92. The van der Waals surface area contributed by atoms with Gasteiger partial charge in [-0.05, 0) is 62.2 Å². The number of sulfonamides is 1. The van der Waals surface area contributed by atoms with Gasteiger partial charge in [-0.15, -0.1) is 0 Å². The van der Waals surface area contributed by atoms with Crippen LogP contribution in [0.4, 0.5) is 11.4 Å². The zero-order chi connectivity index (χ0) is 30.3. The summed E-state index contributed by atoms with van der Waals surface area (Å²) in [6, 6.07) is 19.8. The first-order chi connectivity index (χ1) is 19.9. The number of carbonyl (C=O) groups excluding carboxylic acids is 2. The number of esters is 1. The van der Waals surface area contributed by atoms with Crippen LogP contribution in [0.3, 0.4) is 0 Å². The molecule has 4 aromatic rings. The molecule has 3 aromatic carbocycles. The number of amides is 1. The standard InChI is InChI=1S/C30H29ClN4O6S/c1-19-16-21-10-8-9-13-26(21)34(19)27(36)18-41-30(38)24-17-23(14-15-25(24)31)42(39,40)33(4)28-20(2)32(3)35(29(28)37)22-11-6-5-7-12-22/h5-15,17,19H,16,18H2,1-4H3. The van der Waals surface area contributed by atoms with Crippen molar-refractivity contribution in [3.05, 3.63) is 105 Å². The minimum absolute atomic E-state index is 0.0451. The van der Waals surface area contributed by atoms with E-state index in [2.05, 4.69) is 0 Å². The van der Waals surface area contributed by atoms with Gasteiger partial charge in [0.1, 0.15) is 5.69 Å². The lowest BCUT2D eigenvalue weighted by Crippen LogP contribution is -2.38. The number of para-hydroxylation sites is 2. The summed E-state index contributed by atoms with van der Waals surface area (Å²) < 4.78 is 36.5. The summed E-state index contributed by atoms with van der Waals surface area (Å²) in [6.45, 7) is 3.00. The van der Waals surface area contributed by atoms with E-state index >= 15 is 0 Å². The molecule has 1 aliphatic heterocycles. The van der Waals surface area contributed by atoms with E-state index in [1.807, 2.05) is 37.3 Å². The smallest absolute Gasteiger partial charge is 0.340 e. The number of hydrogen-bond acceptors (Lipinski definition) is 6. The summed E-state index contributed by atoms with van der Waals surface area (Å²) in [6.07, 6.45) is 0.687. The van der Waals surface area contributed by atoms with Crippen LogP contribution in [-0.4, -0.2) is 49.4 Å². The largest absolute Gasteiger partial charge is 0.452 e. The molecule has 0 bridgehead atoms. The minimum Gasteiger partial charge on any atom is -0.452 e. The molecular weight excluding hydrogens is 580 g/mol. The van der Waals surface area contributed by atoms with Crippen molar-refractivity contribution in [1.82, 2.24) is 9.36 Å². The Kier molecular flexibility index (Phi) is 7.74. The highest BCUT2D eigenvalue weighted by atomic mass is 35.5. The average Bonchev–Trinajstić information content (AvgIpc) is 3.42. The molecule has 0 N–H and O–H groups in total. The number of anilines is 2. The SMILES string of the molecule is Cc1c(N(C)S(=O)(=O)c2ccc(Cl)c(C(=O)OCC(=O)N3c4ccccc4CC3C)c2)c(=O)n(-c2ccccc2)n1C. The molecule has 5 rings (SSSR count). The fourth-order valence-electron chi connectivity index (χ4n) is 5.24. The lowest BCUT2D eigenvalue weighted by Gasteiger charge is -2.22. The second-order valence-corrected chi connectivity index (χ2v) is 12.4. The van der Waals surface area contributed by atoms with Crippen molar-refractivity contribution >= 4 is 44.9 Å². The van der Waals surface area contributed by atoms with Gasteiger partial charge in [-0.1, -0.05) is 48.0 Å². The first-order valence-corrected chi connectivity index (χ1v) is 14.9. The van der Waals surface area contributed by atoms with Gasteiger partial charge in [0, 0.05) is 25.8 Å². The van der Waals surface area contributed by atoms with Crippen LogP contribution in [0, 0.1) is 6.92 Å². The maximum Gasteiger partial charge on any atom is 0.340 e. The molecule has 1 aromatic heterocycles. The van der Waals surface area contributed by atoms with Gasteiger partial charge < -0.3 is 9.64 Å². The van der Waals surface area contributed by atoms with E-state index in [9.17, 15) is 22.8 Å². The van der Waals surface area contributed by atoms with Crippen LogP contribution in [0.1, 0.15) is 28.5 Å². The predicted octanol–water partition coefficient (Wildman–Crippen LogP) is 4.10. The van der Waals surface area contributed by atoms with Crippen molar-refractivity contribution in [3.63, 3.8) is 0 Å².